The van der Waals surface area contributed by atoms with E-state index in [2.05, 4.69) is 34.6 Å². The molecule has 0 aromatic rings. The van der Waals surface area contributed by atoms with Gasteiger partial charge in [-0.2, -0.15) is 0 Å². The Morgan fingerprint density at radius 1 is 0.310 bits per heavy atom. The maximum absolute atomic E-state index is 13.0. The lowest BCUT2D eigenvalue weighted by molar-refractivity contribution is -0.161. The predicted molar refractivity (Wildman–Crippen MR) is 349 cm³/mol. The maximum atomic E-state index is 13.0. The zero-order chi connectivity index (χ0) is 64.2. The first-order valence-electron chi connectivity index (χ1n) is 35.6. The van der Waals surface area contributed by atoms with E-state index in [0.717, 1.165) is 109 Å². The van der Waals surface area contributed by atoms with Gasteiger partial charge in [-0.3, -0.25) is 37.3 Å². The van der Waals surface area contributed by atoms with Crippen molar-refractivity contribution in [1.82, 2.24) is 0 Å². The summed E-state index contributed by atoms with van der Waals surface area (Å²) in [6.45, 7) is 7.19. The zero-order valence-electron chi connectivity index (χ0n) is 56.2. The third kappa shape index (κ3) is 62.6. The van der Waals surface area contributed by atoms with E-state index in [1.807, 2.05) is 0 Å². The van der Waals surface area contributed by atoms with Crippen LogP contribution < -0.4 is 0 Å². The van der Waals surface area contributed by atoms with E-state index in [0.29, 0.717) is 25.7 Å². The van der Waals surface area contributed by atoms with Gasteiger partial charge in [-0.25, -0.2) is 9.13 Å². The van der Waals surface area contributed by atoms with Gasteiger partial charge in [-0.05, 0) is 31.6 Å². The second-order valence-corrected chi connectivity index (χ2v) is 27.9. The molecular weight excluding hydrogens is 1150 g/mol. The van der Waals surface area contributed by atoms with E-state index < -0.39 is 97.5 Å². The molecular formula is C68H132O17P2. The van der Waals surface area contributed by atoms with E-state index in [1.54, 1.807) is 0 Å². The molecule has 87 heavy (non-hydrogen) atoms. The van der Waals surface area contributed by atoms with E-state index in [-0.39, 0.29) is 25.7 Å². The number of phosphoric acid groups is 2. The zero-order valence-corrected chi connectivity index (χ0v) is 57.9. The van der Waals surface area contributed by atoms with Crippen LogP contribution in [0.2, 0.25) is 0 Å². The summed E-state index contributed by atoms with van der Waals surface area (Å²) in [6.07, 6.45) is 47.2. The van der Waals surface area contributed by atoms with Crippen LogP contribution in [0.3, 0.4) is 0 Å². The van der Waals surface area contributed by atoms with Crippen LogP contribution in [0.25, 0.3) is 0 Å². The number of rotatable bonds is 68. The number of aliphatic hydroxyl groups is 1. The number of ether oxygens (including phenoxy) is 4. The highest BCUT2D eigenvalue weighted by Gasteiger charge is 2.30. The molecule has 0 amide bonds. The van der Waals surface area contributed by atoms with Crippen molar-refractivity contribution in [2.45, 2.75) is 368 Å². The monoisotopic (exact) mass is 1280 g/mol. The van der Waals surface area contributed by atoms with Crippen LogP contribution in [-0.4, -0.2) is 96.7 Å². The number of hydrogen-bond donors (Lipinski definition) is 3. The Kier molecular flexibility index (Phi) is 60.2. The van der Waals surface area contributed by atoms with Crippen molar-refractivity contribution >= 4 is 39.5 Å². The van der Waals surface area contributed by atoms with Crippen molar-refractivity contribution in [2.24, 2.45) is 5.92 Å². The molecule has 17 nitrogen and oxygen atoms in total. The summed E-state index contributed by atoms with van der Waals surface area (Å²) in [7, 11) is -9.89. The van der Waals surface area contributed by atoms with Crippen LogP contribution in [0.5, 0.6) is 0 Å². The van der Waals surface area contributed by atoms with Gasteiger partial charge in [-0.15, -0.1) is 0 Å². The second-order valence-electron chi connectivity index (χ2n) is 25.0. The average molecular weight is 1280 g/mol. The smallest absolute Gasteiger partial charge is 0.462 e. The summed E-state index contributed by atoms with van der Waals surface area (Å²) in [5.74, 6) is -1.36. The van der Waals surface area contributed by atoms with Crippen molar-refractivity contribution in [3.63, 3.8) is 0 Å². The molecule has 0 aliphatic heterocycles. The van der Waals surface area contributed by atoms with Crippen LogP contribution in [0.15, 0.2) is 0 Å². The number of hydrogen-bond acceptors (Lipinski definition) is 15. The van der Waals surface area contributed by atoms with Gasteiger partial charge in [0.2, 0.25) is 0 Å². The summed E-state index contributed by atoms with van der Waals surface area (Å²) in [4.78, 5) is 72.3. The van der Waals surface area contributed by atoms with Crippen LogP contribution >= 0.6 is 15.6 Å². The summed E-state index contributed by atoms with van der Waals surface area (Å²) in [6, 6.07) is 0. The molecule has 0 aliphatic rings. The summed E-state index contributed by atoms with van der Waals surface area (Å²) in [5.41, 5.74) is 0. The van der Waals surface area contributed by atoms with Gasteiger partial charge in [0.05, 0.1) is 26.4 Å². The molecule has 0 rings (SSSR count). The summed E-state index contributed by atoms with van der Waals surface area (Å²) in [5, 5.41) is 10.6. The van der Waals surface area contributed by atoms with Gasteiger partial charge in [0.25, 0.3) is 0 Å². The molecule has 0 radical (unpaired) electrons. The standard InChI is InChI=1S/C68H132O17P2/c1-6-9-12-15-18-20-22-23-24-25-26-29-34-39-44-49-54-68(73)85-64(58-79-66(71)52-47-42-37-33-30-27-28-31-36-40-45-50-61(4)5)60-83-87(76,77)81-56-62(69)55-80-86(74,75)82-59-63(57-78-65(70)51-46-41-35-17-14-11-8-3)84-67(72)53-48-43-38-32-21-19-16-13-10-7-2/h61-64,69H,6-60H2,1-5H3,(H,74,75)(H,76,77)/t62-,63+,64+/m0/s1. The highest BCUT2D eigenvalue weighted by molar-refractivity contribution is 7.47. The molecule has 0 heterocycles. The molecule has 3 N–H and O–H groups in total. The number of esters is 4. The van der Waals surface area contributed by atoms with E-state index >= 15 is 0 Å². The van der Waals surface area contributed by atoms with Crippen LogP contribution in [0.4, 0.5) is 0 Å². The third-order valence-corrected chi connectivity index (χ3v) is 17.7. The molecule has 0 aromatic heterocycles. The number of carbonyl (C=O) groups excluding carboxylic acids is 4. The normalized spacial score (nSPS) is 14.1. The van der Waals surface area contributed by atoms with E-state index in [4.69, 9.17) is 37.0 Å². The lowest BCUT2D eigenvalue weighted by Crippen LogP contribution is -2.30. The van der Waals surface area contributed by atoms with E-state index in [9.17, 15) is 43.2 Å². The first-order chi connectivity index (χ1) is 42.0. The maximum Gasteiger partial charge on any atom is 0.472 e. The SMILES string of the molecule is CCCCCCCCCCCCCCCCCCC(=O)O[C@H](COC(=O)CCCCCCCCCCCCCC(C)C)COP(=O)(O)OC[C@@H](O)COP(=O)(O)OC[C@@H](COC(=O)CCCCCCCCC)OC(=O)CCCCCCCCCCCC. The Labute approximate surface area is 530 Å². The molecule has 0 saturated carbocycles. The minimum Gasteiger partial charge on any atom is -0.462 e. The first-order valence-corrected chi connectivity index (χ1v) is 38.6. The molecule has 0 saturated heterocycles. The van der Waals surface area contributed by atoms with Crippen molar-refractivity contribution in [3.05, 3.63) is 0 Å². The lowest BCUT2D eigenvalue weighted by Gasteiger charge is -2.21. The Balaban J connectivity index is 5.20. The van der Waals surface area contributed by atoms with Crippen LogP contribution in [-0.2, 0) is 65.4 Å². The quantitative estimate of drug-likeness (QED) is 0.0222. The molecule has 19 heteroatoms. The molecule has 0 bridgehead atoms. The Hall–Kier alpha value is -1.94. The minimum absolute atomic E-state index is 0.106. The Bertz CT molecular complexity index is 1690. The molecule has 0 spiro atoms. The molecule has 0 aromatic carbocycles. The van der Waals surface area contributed by atoms with Crippen LogP contribution in [0, 0.1) is 5.92 Å². The number of carbonyl (C=O) groups is 4. The summed E-state index contributed by atoms with van der Waals surface area (Å²) >= 11 is 0. The Morgan fingerprint density at radius 2 is 0.529 bits per heavy atom. The molecule has 0 aliphatic carbocycles. The number of unbranched alkanes of at least 4 members (excludes halogenated alkanes) is 40. The summed E-state index contributed by atoms with van der Waals surface area (Å²) < 4.78 is 68.1. The molecule has 516 valence electrons. The van der Waals surface area contributed by atoms with Gasteiger partial charge in [0, 0.05) is 25.7 Å². The first kappa shape index (κ1) is 85.1. The van der Waals surface area contributed by atoms with Crippen molar-refractivity contribution in [1.29, 1.82) is 0 Å². The second kappa shape index (κ2) is 61.6. The average Bonchev–Trinajstić information content (AvgIpc) is 3.55. The van der Waals surface area contributed by atoms with E-state index in [1.165, 1.54) is 161 Å². The fourth-order valence-corrected chi connectivity index (χ4v) is 11.9. The van der Waals surface area contributed by atoms with Gasteiger partial charge in [0.1, 0.15) is 19.3 Å². The van der Waals surface area contributed by atoms with Gasteiger partial charge in [0.15, 0.2) is 12.2 Å². The van der Waals surface area contributed by atoms with Gasteiger partial charge in [-0.1, -0.05) is 298 Å². The highest BCUT2D eigenvalue weighted by atomic mass is 31.2. The molecule has 5 atom stereocenters. The minimum atomic E-state index is -4.95. The largest absolute Gasteiger partial charge is 0.472 e. The Morgan fingerprint density at radius 3 is 0.782 bits per heavy atom. The lowest BCUT2D eigenvalue weighted by atomic mass is 10.0. The fraction of sp³-hybridized carbons (Fsp3) is 0.941. The van der Waals surface area contributed by atoms with Crippen molar-refractivity contribution < 1.29 is 80.2 Å². The highest BCUT2D eigenvalue weighted by Crippen LogP contribution is 2.45. The number of phosphoric ester groups is 2. The van der Waals surface area contributed by atoms with Gasteiger partial charge < -0.3 is 33.8 Å². The van der Waals surface area contributed by atoms with Gasteiger partial charge >= 0.3 is 39.5 Å². The fourth-order valence-electron chi connectivity index (χ4n) is 10.3. The van der Waals surface area contributed by atoms with Crippen molar-refractivity contribution in [2.75, 3.05) is 39.6 Å². The molecule has 0 fully saturated rings. The van der Waals surface area contributed by atoms with Crippen molar-refractivity contribution in [3.8, 4) is 0 Å². The third-order valence-electron chi connectivity index (χ3n) is 15.8. The van der Waals surface area contributed by atoms with Crippen LogP contribution in [0.1, 0.15) is 349 Å². The predicted octanol–water partition coefficient (Wildman–Crippen LogP) is 19.4. The number of aliphatic hydroxyl groups excluding tert-OH is 1. The molecule has 2 unspecified atom stereocenters. The topological polar surface area (TPSA) is 237 Å².